The molecule has 0 aliphatic heterocycles. The number of benzene rings is 1. The summed E-state index contributed by atoms with van der Waals surface area (Å²) in [4.78, 5) is 11.2. The van der Waals surface area contributed by atoms with Crippen LogP contribution in [0.3, 0.4) is 0 Å². The number of halogens is 1. The molecule has 102 valence electrons. The van der Waals surface area contributed by atoms with Crippen LogP contribution < -0.4 is 5.32 Å². The smallest absolute Gasteiger partial charge is 0.244 e. The summed E-state index contributed by atoms with van der Waals surface area (Å²) in [5, 5.41) is 10.9. The van der Waals surface area contributed by atoms with Crippen LogP contribution in [0, 0.1) is 11.3 Å². The summed E-state index contributed by atoms with van der Waals surface area (Å²) < 4.78 is 25.0. The van der Waals surface area contributed by atoms with Crippen LogP contribution in [0.5, 0.6) is 0 Å². The fourth-order valence-electron chi connectivity index (χ4n) is 1.25. The number of nitriles is 1. The number of hydrogen-bond donors (Lipinski definition) is 1. The number of anilines is 1. The molecule has 0 bridgehead atoms. The Morgan fingerprint density at radius 2 is 2.11 bits per heavy atom. The van der Waals surface area contributed by atoms with E-state index in [1.807, 2.05) is 0 Å². The molecule has 1 aromatic rings. The third kappa shape index (κ3) is 3.67. The maximum absolute atomic E-state index is 12.0. The normalized spacial score (nSPS) is 11.1. The monoisotopic (exact) mass is 301 g/mol. The van der Waals surface area contributed by atoms with Gasteiger partial charge in [-0.15, -0.1) is 0 Å². The highest BCUT2D eigenvalue weighted by Crippen LogP contribution is 2.26. The van der Waals surface area contributed by atoms with Gasteiger partial charge in [0.25, 0.3) is 0 Å². The second kappa shape index (κ2) is 6.02. The van der Waals surface area contributed by atoms with Crippen molar-refractivity contribution in [3.8, 4) is 6.07 Å². The van der Waals surface area contributed by atoms with Crippen LogP contribution in [0.25, 0.3) is 0 Å². The van der Waals surface area contributed by atoms with Gasteiger partial charge in [-0.05, 0) is 18.2 Å². The standard InChI is InChI=1S/C11H12ClN3O3S/c1-15(2)19(17,18)10-7-8(3-4-9(10)12)14-11(16)5-6-13/h3-4,7H,5H2,1-2H3,(H,14,16). The van der Waals surface area contributed by atoms with Gasteiger partial charge in [0.15, 0.2) is 0 Å². The van der Waals surface area contributed by atoms with E-state index in [2.05, 4.69) is 5.32 Å². The van der Waals surface area contributed by atoms with Crippen LogP contribution in [0.15, 0.2) is 23.1 Å². The summed E-state index contributed by atoms with van der Waals surface area (Å²) in [5.74, 6) is -0.516. The van der Waals surface area contributed by atoms with Crippen LogP contribution in [0.2, 0.25) is 5.02 Å². The minimum absolute atomic E-state index is 0.0620. The van der Waals surface area contributed by atoms with Crippen LogP contribution in [-0.4, -0.2) is 32.7 Å². The van der Waals surface area contributed by atoms with E-state index < -0.39 is 15.9 Å². The van der Waals surface area contributed by atoms with Crippen molar-refractivity contribution in [3.05, 3.63) is 23.2 Å². The van der Waals surface area contributed by atoms with Crippen LogP contribution >= 0.6 is 11.6 Å². The van der Waals surface area contributed by atoms with Crippen molar-refractivity contribution in [1.82, 2.24) is 4.31 Å². The molecule has 0 heterocycles. The number of carbonyl (C=O) groups excluding carboxylic acids is 1. The minimum Gasteiger partial charge on any atom is -0.325 e. The topological polar surface area (TPSA) is 90.3 Å². The van der Waals surface area contributed by atoms with Crippen molar-refractivity contribution in [1.29, 1.82) is 5.26 Å². The Morgan fingerprint density at radius 1 is 1.47 bits per heavy atom. The summed E-state index contributed by atoms with van der Waals surface area (Å²) in [5.41, 5.74) is 0.269. The van der Waals surface area contributed by atoms with Crippen molar-refractivity contribution in [3.63, 3.8) is 0 Å². The lowest BCUT2D eigenvalue weighted by molar-refractivity contribution is -0.115. The number of hydrogen-bond acceptors (Lipinski definition) is 4. The molecule has 19 heavy (non-hydrogen) atoms. The Hall–Kier alpha value is -1.62. The largest absolute Gasteiger partial charge is 0.325 e. The molecule has 8 heteroatoms. The fraction of sp³-hybridized carbons (Fsp3) is 0.273. The second-order valence-corrected chi connectivity index (χ2v) is 6.34. The number of amides is 1. The lowest BCUT2D eigenvalue weighted by Gasteiger charge is -2.14. The molecular formula is C11H12ClN3O3S. The zero-order valence-corrected chi connectivity index (χ0v) is 11.9. The van der Waals surface area contributed by atoms with Crippen LogP contribution in [-0.2, 0) is 14.8 Å². The van der Waals surface area contributed by atoms with Gasteiger partial charge >= 0.3 is 0 Å². The first-order valence-electron chi connectivity index (χ1n) is 5.18. The van der Waals surface area contributed by atoms with E-state index >= 15 is 0 Å². The Labute approximate surface area is 116 Å². The number of rotatable bonds is 4. The number of nitrogens with zero attached hydrogens (tertiary/aromatic N) is 2. The first kappa shape index (κ1) is 15.4. The Balaban J connectivity index is 3.16. The molecule has 0 aliphatic carbocycles. The molecule has 0 radical (unpaired) electrons. The van der Waals surface area contributed by atoms with Gasteiger partial charge in [0.05, 0.1) is 11.1 Å². The van der Waals surface area contributed by atoms with Crippen molar-refractivity contribution in [2.24, 2.45) is 0 Å². The van der Waals surface area contributed by atoms with E-state index in [4.69, 9.17) is 16.9 Å². The highest BCUT2D eigenvalue weighted by molar-refractivity contribution is 7.89. The third-order valence-electron chi connectivity index (χ3n) is 2.21. The summed E-state index contributed by atoms with van der Waals surface area (Å²) in [7, 11) is -0.930. The molecule has 1 aromatic carbocycles. The molecule has 0 atom stereocenters. The molecule has 1 rings (SSSR count). The van der Waals surface area contributed by atoms with Gasteiger partial charge in [0.1, 0.15) is 11.3 Å². The van der Waals surface area contributed by atoms with Crippen molar-refractivity contribution in [2.45, 2.75) is 11.3 Å². The summed E-state index contributed by atoms with van der Waals surface area (Å²) in [6.45, 7) is 0. The number of sulfonamides is 1. The van der Waals surface area contributed by atoms with Crippen LogP contribution in [0.1, 0.15) is 6.42 Å². The van der Waals surface area contributed by atoms with Gasteiger partial charge in [-0.2, -0.15) is 5.26 Å². The van der Waals surface area contributed by atoms with E-state index in [0.29, 0.717) is 0 Å². The van der Waals surface area contributed by atoms with Crippen molar-refractivity contribution >= 4 is 33.2 Å². The van der Waals surface area contributed by atoms with Crippen molar-refractivity contribution < 1.29 is 13.2 Å². The quantitative estimate of drug-likeness (QED) is 0.911. The molecule has 6 nitrogen and oxygen atoms in total. The molecule has 0 saturated carbocycles. The minimum atomic E-state index is -3.69. The Bertz CT molecular complexity index is 635. The molecule has 0 aliphatic rings. The van der Waals surface area contributed by atoms with Gasteiger partial charge in [-0.25, -0.2) is 12.7 Å². The highest BCUT2D eigenvalue weighted by Gasteiger charge is 2.21. The van der Waals surface area contributed by atoms with Crippen LogP contribution in [0.4, 0.5) is 5.69 Å². The predicted octanol–water partition coefficient (Wildman–Crippen LogP) is 1.44. The average molecular weight is 302 g/mol. The molecule has 0 spiro atoms. The summed E-state index contributed by atoms with van der Waals surface area (Å²) >= 11 is 5.85. The zero-order valence-electron chi connectivity index (χ0n) is 10.3. The van der Waals surface area contributed by atoms with Gasteiger partial charge in [0, 0.05) is 19.8 Å². The average Bonchev–Trinajstić information content (AvgIpc) is 2.31. The Kier molecular flexibility index (Phi) is 4.89. The predicted molar refractivity (Wildman–Crippen MR) is 71.2 cm³/mol. The van der Waals surface area contributed by atoms with E-state index in [1.54, 1.807) is 6.07 Å². The van der Waals surface area contributed by atoms with E-state index in [-0.39, 0.29) is 22.0 Å². The van der Waals surface area contributed by atoms with Gasteiger partial charge in [-0.1, -0.05) is 11.6 Å². The van der Waals surface area contributed by atoms with Crippen molar-refractivity contribution in [2.75, 3.05) is 19.4 Å². The molecular weight excluding hydrogens is 290 g/mol. The molecule has 1 N–H and O–H groups in total. The van der Waals surface area contributed by atoms with Gasteiger partial charge in [-0.3, -0.25) is 4.79 Å². The second-order valence-electron chi connectivity index (χ2n) is 3.82. The van der Waals surface area contributed by atoms with E-state index in [1.165, 1.54) is 32.3 Å². The third-order valence-corrected chi connectivity index (χ3v) is 4.51. The first-order chi connectivity index (χ1) is 8.78. The fourth-order valence-corrected chi connectivity index (χ4v) is 2.65. The lowest BCUT2D eigenvalue weighted by atomic mass is 10.3. The molecule has 0 fully saturated rings. The maximum atomic E-state index is 12.0. The summed E-state index contributed by atoms with van der Waals surface area (Å²) in [6.07, 6.45) is -0.307. The molecule has 0 saturated heterocycles. The summed E-state index contributed by atoms with van der Waals surface area (Å²) in [6, 6.07) is 5.79. The van der Waals surface area contributed by atoms with Gasteiger partial charge in [0.2, 0.25) is 15.9 Å². The SMILES string of the molecule is CN(C)S(=O)(=O)c1cc(NC(=O)CC#N)ccc1Cl. The maximum Gasteiger partial charge on any atom is 0.244 e. The first-order valence-corrected chi connectivity index (χ1v) is 6.99. The molecule has 0 unspecified atom stereocenters. The lowest BCUT2D eigenvalue weighted by Crippen LogP contribution is -2.22. The Morgan fingerprint density at radius 3 is 2.63 bits per heavy atom. The highest BCUT2D eigenvalue weighted by atomic mass is 35.5. The van der Waals surface area contributed by atoms with E-state index in [0.717, 1.165) is 4.31 Å². The van der Waals surface area contributed by atoms with E-state index in [9.17, 15) is 13.2 Å². The molecule has 0 aromatic heterocycles. The molecule has 1 amide bonds. The number of carbonyl (C=O) groups is 1. The zero-order chi connectivity index (χ0) is 14.6. The van der Waals surface area contributed by atoms with Gasteiger partial charge < -0.3 is 5.32 Å². The number of nitrogens with one attached hydrogen (secondary N) is 1.